The van der Waals surface area contributed by atoms with Gasteiger partial charge in [0.1, 0.15) is 0 Å². The lowest BCUT2D eigenvalue weighted by Crippen LogP contribution is -2.33. The van der Waals surface area contributed by atoms with Crippen molar-refractivity contribution in [2.75, 3.05) is 11.9 Å². The molecule has 4 aromatic rings. The third-order valence-corrected chi connectivity index (χ3v) is 7.17. The summed E-state index contributed by atoms with van der Waals surface area (Å²) in [6, 6.07) is 26.2. The van der Waals surface area contributed by atoms with Crippen LogP contribution >= 0.6 is 12.2 Å². The number of carbonyl (C=O) groups excluding carboxylic acids is 1. The van der Waals surface area contributed by atoms with Gasteiger partial charge in [0, 0.05) is 42.4 Å². The highest BCUT2D eigenvalue weighted by molar-refractivity contribution is 7.80. The zero-order valence-electron chi connectivity index (χ0n) is 21.1. The molecule has 1 saturated heterocycles. The summed E-state index contributed by atoms with van der Waals surface area (Å²) in [5, 5.41) is 7.20. The third kappa shape index (κ3) is 5.27. The summed E-state index contributed by atoms with van der Waals surface area (Å²) in [4.78, 5) is 19.8. The predicted octanol–water partition coefficient (Wildman–Crippen LogP) is 5.74. The fourth-order valence-electron chi connectivity index (χ4n) is 5.00. The number of hydrogen-bond donors (Lipinski definition) is 2. The Bertz CT molecular complexity index is 1400. The van der Waals surface area contributed by atoms with Crippen molar-refractivity contribution in [3.63, 3.8) is 0 Å². The van der Waals surface area contributed by atoms with Gasteiger partial charge in [-0.1, -0.05) is 43.3 Å². The van der Waals surface area contributed by atoms with E-state index in [2.05, 4.69) is 81.5 Å². The van der Waals surface area contributed by atoms with Crippen LogP contribution in [0, 0.1) is 6.92 Å². The number of nitrogens with one attached hydrogen (secondary N) is 2. The van der Waals surface area contributed by atoms with Crippen LogP contribution < -0.4 is 10.6 Å². The van der Waals surface area contributed by atoms with Crippen LogP contribution in [0.2, 0.25) is 0 Å². The van der Waals surface area contributed by atoms with E-state index in [-0.39, 0.29) is 18.0 Å². The maximum Gasteiger partial charge on any atom is 0.226 e. The van der Waals surface area contributed by atoms with Crippen molar-refractivity contribution in [1.82, 2.24) is 19.8 Å². The molecule has 2 N–H and O–H groups in total. The normalized spacial score (nSPS) is 17.0. The SMILES string of the molecule is CCc1ccccc1NC(=O)CCN1C(=S)N[C@@H](c2ccccn2)[C@H]1c1cccn1-c1cccc(C)c1. The van der Waals surface area contributed by atoms with E-state index in [1.54, 1.807) is 6.20 Å². The van der Waals surface area contributed by atoms with Crippen molar-refractivity contribution in [2.45, 2.75) is 38.8 Å². The lowest BCUT2D eigenvalue weighted by atomic mass is 10.0. The predicted molar refractivity (Wildman–Crippen MR) is 152 cm³/mol. The molecule has 0 radical (unpaired) electrons. The van der Waals surface area contributed by atoms with Crippen molar-refractivity contribution in [3.8, 4) is 5.69 Å². The summed E-state index contributed by atoms with van der Waals surface area (Å²) in [7, 11) is 0. The summed E-state index contributed by atoms with van der Waals surface area (Å²) in [5.74, 6) is -0.0298. The summed E-state index contributed by atoms with van der Waals surface area (Å²) >= 11 is 5.82. The van der Waals surface area contributed by atoms with Crippen molar-refractivity contribution >= 4 is 28.9 Å². The third-order valence-electron chi connectivity index (χ3n) is 6.81. The van der Waals surface area contributed by atoms with Crippen LogP contribution in [-0.2, 0) is 11.2 Å². The number of hydrogen-bond acceptors (Lipinski definition) is 3. The summed E-state index contributed by atoms with van der Waals surface area (Å²) < 4.78 is 2.20. The first kappa shape index (κ1) is 24.7. The van der Waals surface area contributed by atoms with E-state index >= 15 is 0 Å². The first-order chi connectivity index (χ1) is 18.0. The number of anilines is 1. The highest BCUT2D eigenvalue weighted by Crippen LogP contribution is 2.39. The maximum atomic E-state index is 13.0. The van der Waals surface area contributed by atoms with E-state index in [0.717, 1.165) is 34.7 Å². The maximum absolute atomic E-state index is 13.0. The van der Waals surface area contributed by atoms with Gasteiger partial charge in [-0.2, -0.15) is 0 Å². The first-order valence-electron chi connectivity index (χ1n) is 12.6. The quantitative estimate of drug-likeness (QED) is 0.297. The van der Waals surface area contributed by atoms with E-state index in [1.165, 1.54) is 5.56 Å². The Labute approximate surface area is 223 Å². The van der Waals surface area contributed by atoms with Crippen molar-refractivity contribution in [2.24, 2.45) is 0 Å². The van der Waals surface area contributed by atoms with Gasteiger partial charge in [0.05, 0.1) is 17.8 Å². The van der Waals surface area contributed by atoms with Gasteiger partial charge in [0.15, 0.2) is 5.11 Å². The van der Waals surface area contributed by atoms with Gasteiger partial charge >= 0.3 is 0 Å². The Balaban J connectivity index is 1.44. The van der Waals surface area contributed by atoms with Crippen molar-refractivity contribution < 1.29 is 4.79 Å². The molecular formula is C30H31N5OS. The minimum atomic E-state index is -0.143. The van der Waals surface area contributed by atoms with Gasteiger partial charge in [0.25, 0.3) is 0 Å². The fraction of sp³-hybridized carbons (Fsp3) is 0.233. The minimum Gasteiger partial charge on any atom is -0.352 e. The largest absolute Gasteiger partial charge is 0.352 e. The number of carbonyl (C=O) groups is 1. The lowest BCUT2D eigenvalue weighted by molar-refractivity contribution is -0.116. The van der Waals surface area contributed by atoms with Crippen LogP contribution in [0.4, 0.5) is 5.69 Å². The van der Waals surface area contributed by atoms with E-state index in [0.29, 0.717) is 18.1 Å². The number of nitrogens with zero attached hydrogens (tertiary/aromatic N) is 3. The van der Waals surface area contributed by atoms with Gasteiger partial charge in [-0.3, -0.25) is 9.78 Å². The number of aromatic nitrogens is 2. The number of rotatable bonds is 8. The van der Waals surface area contributed by atoms with Gasteiger partial charge < -0.3 is 20.1 Å². The lowest BCUT2D eigenvalue weighted by Gasteiger charge is -2.29. The van der Waals surface area contributed by atoms with Crippen LogP contribution in [0.15, 0.2) is 91.3 Å². The van der Waals surface area contributed by atoms with Crippen LogP contribution in [0.5, 0.6) is 0 Å². The monoisotopic (exact) mass is 509 g/mol. The minimum absolute atomic E-state index is 0.0298. The molecule has 7 heteroatoms. The Kier molecular flexibility index (Phi) is 7.32. The molecule has 2 aromatic carbocycles. The number of thiocarbonyl (C=S) groups is 1. The van der Waals surface area contributed by atoms with E-state index in [9.17, 15) is 4.79 Å². The van der Waals surface area contributed by atoms with Crippen LogP contribution in [0.1, 0.15) is 47.9 Å². The number of para-hydroxylation sites is 1. The van der Waals surface area contributed by atoms with E-state index in [4.69, 9.17) is 12.2 Å². The average Bonchev–Trinajstić information content (AvgIpc) is 3.52. The van der Waals surface area contributed by atoms with Crippen LogP contribution in [0.25, 0.3) is 5.69 Å². The van der Waals surface area contributed by atoms with Crippen LogP contribution in [0.3, 0.4) is 0 Å². The number of aryl methyl sites for hydroxylation is 2. The molecular weight excluding hydrogens is 478 g/mol. The molecule has 37 heavy (non-hydrogen) atoms. The van der Waals surface area contributed by atoms with E-state index in [1.807, 2.05) is 42.5 Å². The molecule has 1 aliphatic rings. The Morgan fingerprint density at radius 1 is 1.05 bits per heavy atom. The molecule has 0 saturated carbocycles. The van der Waals surface area contributed by atoms with Gasteiger partial charge in [0.2, 0.25) is 5.91 Å². The van der Waals surface area contributed by atoms with Gasteiger partial charge in [-0.05, 0) is 79.2 Å². The molecule has 3 heterocycles. The number of pyridine rings is 1. The topological polar surface area (TPSA) is 62.2 Å². The van der Waals surface area contributed by atoms with E-state index < -0.39 is 0 Å². The summed E-state index contributed by atoms with van der Waals surface area (Å²) in [6.07, 6.45) is 5.06. The molecule has 0 unspecified atom stereocenters. The molecule has 0 bridgehead atoms. The molecule has 1 amide bonds. The zero-order chi connectivity index (χ0) is 25.8. The highest BCUT2D eigenvalue weighted by atomic mass is 32.1. The van der Waals surface area contributed by atoms with Crippen molar-refractivity contribution in [1.29, 1.82) is 0 Å². The Hall–Kier alpha value is -3.97. The second kappa shape index (κ2) is 11.0. The highest BCUT2D eigenvalue weighted by Gasteiger charge is 2.41. The Morgan fingerprint density at radius 3 is 2.68 bits per heavy atom. The molecule has 1 aliphatic heterocycles. The Morgan fingerprint density at radius 2 is 1.89 bits per heavy atom. The molecule has 188 valence electrons. The molecule has 5 rings (SSSR count). The van der Waals surface area contributed by atoms with Crippen LogP contribution in [-0.4, -0.2) is 32.0 Å². The standard InChI is InChI=1S/C30H31N5OS/c1-3-22-11-4-5-13-24(22)32-27(36)16-19-35-29(28(33-30(35)37)25-14-6-7-17-31-25)26-15-9-18-34(26)23-12-8-10-21(2)20-23/h4-15,17-18,20,28-29H,3,16,19H2,1-2H3,(H,32,36)(H,33,37)/t28-,29+/m0/s1. The first-order valence-corrected chi connectivity index (χ1v) is 13.1. The number of benzene rings is 2. The summed E-state index contributed by atoms with van der Waals surface area (Å²) in [6.45, 7) is 4.67. The van der Waals surface area contributed by atoms with Crippen molar-refractivity contribution in [3.05, 3.63) is 114 Å². The molecule has 0 spiro atoms. The molecule has 1 fully saturated rings. The number of amides is 1. The molecule has 0 aliphatic carbocycles. The van der Waals surface area contributed by atoms with Gasteiger partial charge in [-0.25, -0.2) is 0 Å². The zero-order valence-corrected chi connectivity index (χ0v) is 21.9. The second-order valence-electron chi connectivity index (χ2n) is 9.27. The molecule has 2 aromatic heterocycles. The van der Waals surface area contributed by atoms with Gasteiger partial charge in [-0.15, -0.1) is 0 Å². The second-order valence-corrected chi connectivity index (χ2v) is 9.66. The average molecular weight is 510 g/mol. The molecule has 2 atom stereocenters. The smallest absolute Gasteiger partial charge is 0.226 e. The summed E-state index contributed by atoms with van der Waals surface area (Å²) in [5.41, 5.74) is 6.28. The molecule has 6 nitrogen and oxygen atoms in total. The fourth-order valence-corrected chi connectivity index (χ4v) is 5.33.